The maximum atomic E-state index is 9.57. The summed E-state index contributed by atoms with van der Waals surface area (Å²) >= 11 is 0. The zero-order valence-electron chi connectivity index (χ0n) is 11.7. The minimum absolute atomic E-state index is 0.570. The van der Waals surface area contributed by atoms with Crippen LogP contribution in [0.1, 0.15) is 5.56 Å². The monoisotopic (exact) mass is 281 g/mol. The highest BCUT2D eigenvalue weighted by Crippen LogP contribution is 2.28. The molecule has 0 amide bonds. The van der Waals surface area contributed by atoms with Crippen LogP contribution in [-0.4, -0.2) is 10.2 Å². The Balaban J connectivity index is 2.01. The summed E-state index contributed by atoms with van der Waals surface area (Å²) in [5, 5.41) is 21.2. The highest BCUT2D eigenvalue weighted by Gasteiger charge is 2.12. The van der Waals surface area contributed by atoms with Gasteiger partial charge in [-0.3, -0.25) is 0 Å². The third-order valence-electron chi connectivity index (χ3n) is 3.80. The predicted octanol–water partition coefficient (Wildman–Crippen LogP) is 4.32. The molecule has 102 valence electrons. The van der Waals surface area contributed by atoms with Crippen LogP contribution in [0.3, 0.4) is 0 Å². The van der Waals surface area contributed by atoms with Gasteiger partial charge in [0, 0.05) is 10.9 Å². The molecule has 0 unspecified atom stereocenters. The predicted molar refractivity (Wildman–Crippen MR) is 87.2 cm³/mol. The normalized spacial score (nSPS) is 10.7. The second-order valence-electron chi connectivity index (χ2n) is 5.11. The first-order valence-electron chi connectivity index (χ1n) is 7.01. The van der Waals surface area contributed by atoms with Gasteiger partial charge < -0.3 is 0 Å². The SMILES string of the molecule is N#Cc1c(-c2ccc3ccccc3c2)nnc2ccccc12. The third-order valence-corrected chi connectivity index (χ3v) is 3.80. The lowest BCUT2D eigenvalue weighted by molar-refractivity contribution is 1.08. The molecule has 0 atom stereocenters. The lowest BCUT2D eigenvalue weighted by atomic mass is 10.0. The van der Waals surface area contributed by atoms with Crippen molar-refractivity contribution in [3.05, 3.63) is 72.3 Å². The zero-order valence-corrected chi connectivity index (χ0v) is 11.7. The molecule has 3 aromatic carbocycles. The van der Waals surface area contributed by atoms with E-state index in [2.05, 4.69) is 34.5 Å². The fourth-order valence-electron chi connectivity index (χ4n) is 2.71. The molecule has 0 saturated carbocycles. The van der Waals surface area contributed by atoms with Gasteiger partial charge in [-0.1, -0.05) is 54.6 Å². The van der Waals surface area contributed by atoms with E-state index in [9.17, 15) is 5.26 Å². The summed E-state index contributed by atoms with van der Waals surface area (Å²) in [5.41, 5.74) is 2.85. The van der Waals surface area contributed by atoms with Crippen molar-refractivity contribution < 1.29 is 0 Å². The summed E-state index contributed by atoms with van der Waals surface area (Å²) < 4.78 is 0. The molecule has 1 heterocycles. The van der Waals surface area contributed by atoms with Gasteiger partial charge in [0.25, 0.3) is 0 Å². The topological polar surface area (TPSA) is 49.6 Å². The van der Waals surface area contributed by atoms with Crippen LogP contribution in [0.5, 0.6) is 0 Å². The van der Waals surface area contributed by atoms with Crippen molar-refractivity contribution in [3.63, 3.8) is 0 Å². The van der Waals surface area contributed by atoms with Crippen LogP contribution in [0, 0.1) is 11.3 Å². The van der Waals surface area contributed by atoms with Crippen molar-refractivity contribution in [2.75, 3.05) is 0 Å². The first kappa shape index (κ1) is 12.5. The lowest BCUT2D eigenvalue weighted by Crippen LogP contribution is -1.95. The van der Waals surface area contributed by atoms with Crippen LogP contribution in [-0.2, 0) is 0 Å². The summed E-state index contributed by atoms with van der Waals surface area (Å²) in [7, 11) is 0. The zero-order chi connectivity index (χ0) is 14.9. The Hall–Kier alpha value is -3.25. The van der Waals surface area contributed by atoms with Gasteiger partial charge in [0.2, 0.25) is 0 Å². The van der Waals surface area contributed by atoms with E-state index in [0.717, 1.165) is 21.9 Å². The summed E-state index contributed by atoms with van der Waals surface area (Å²) in [6.07, 6.45) is 0. The van der Waals surface area contributed by atoms with Crippen LogP contribution in [0.4, 0.5) is 0 Å². The minimum atomic E-state index is 0.570. The standard InChI is InChI=1S/C19H11N3/c20-12-17-16-7-3-4-8-18(16)21-22-19(17)15-10-9-13-5-1-2-6-14(13)11-15/h1-11H. The number of nitrogens with zero attached hydrogens (tertiary/aromatic N) is 3. The molecule has 4 aromatic rings. The molecular weight excluding hydrogens is 270 g/mol. The van der Waals surface area contributed by atoms with Crippen LogP contribution in [0.25, 0.3) is 32.9 Å². The number of benzene rings is 3. The van der Waals surface area contributed by atoms with E-state index >= 15 is 0 Å². The van der Waals surface area contributed by atoms with Crippen LogP contribution >= 0.6 is 0 Å². The molecule has 1 aromatic heterocycles. The fourth-order valence-corrected chi connectivity index (χ4v) is 2.71. The van der Waals surface area contributed by atoms with Crippen molar-refractivity contribution >= 4 is 21.7 Å². The molecule has 0 aliphatic rings. The van der Waals surface area contributed by atoms with Crippen molar-refractivity contribution in [2.24, 2.45) is 0 Å². The smallest absolute Gasteiger partial charge is 0.111 e. The number of nitriles is 1. The number of rotatable bonds is 1. The Kier molecular flexibility index (Phi) is 2.80. The van der Waals surface area contributed by atoms with Crippen molar-refractivity contribution in [2.45, 2.75) is 0 Å². The second-order valence-corrected chi connectivity index (χ2v) is 5.11. The van der Waals surface area contributed by atoms with Gasteiger partial charge >= 0.3 is 0 Å². The molecule has 22 heavy (non-hydrogen) atoms. The first-order chi connectivity index (χ1) is 10.9. The quantitative estimate of drug-likeness (QED) is 0.522. The number of aromatic nitrogens is 2. The van der Waals surface area contributed by atoms with E-state index in [-0.39, 0.29) is 0 Å². The van der Waals surface area contributed by atoms with E-state index in [1.54, 1.807) is 0 Å². The highest BCUT2D eigenvalue weighted by atomic mass is 15.1. The number of fused-ring (bicyclic) bond motifs is 2. The van der Waals surface area contributed by atoms with E-state index in [0.29, 0.717) is 11.3 Å². The van der Waals surface area contributed by atoms with E-state index in [4.69, 9.17) is 0 Å². The molecule has 0 radical (unpaired) electrons. The molecular formula is C19H11N3. The van der Waals surface area contributed by atoms with Gasteiger partial charge in [0.05, 0.1) is 11.1 Å². The van der Waals surface area contributed by atoms with Crippen molar-refractivity contribution in [3.8, 4) is 17.3 Å². The molecule has 0 aliphatic heterocycles. The first-order valence-corrected chi connectivity index (χ1v) is 7.01. The largest absolute Gasteiger partial charge is 0.192 e. The molecule has 4 rings (SSSR count). The van der Waals surface area contributed by atoms with Crippen LogP contribution in [0.15, 0.2) is 66.7 Å². The molecule has 3 heteroatoms. The Bertz CT molecular complexity index is 1050. The average molecular weight is 281 g/mol. The number of hydrogen-bond acceptors (Lipinski definition) is 3. The molecule has 0 spiro atoms. The molecule has 0 saturated heterocycles. The fraction of sp³-hybridized carbons (Fsp3) is 0. The summed E-state index contributed by atoms with van der Waals surface area (Å²) in [6.45, 7) is 0. The highest BCUT2D eigenvalue weighted by molar-refractivity contribution is 5.92. The molecule has 0 N–H and O–H groups in total. The molecule has 0 aliphatic carbocycles. The molecule has 0 bridgehead atoms. The van der Waals surface area contributed by atoms with E-state index in [1.807, 2.05) is 48.5 Å². The molecule has 0 fully saturated rings. The second kappa shape index (κ2) is 4.94. The summed E-state index contributed by atoms with van der Waals surface area (Å²) in [5.74, 6) is 0. The Morgan fingerprint density at radius 3 is 2.41 bits per heavy atom. The van der Waals surface area contributed by atoms with Crippen LogP contribution in [0.2, 0.25) is 0 Å². The Morgan fingerprint density at radius 2 is 1.55 bits per heavy atom. The third kappa shape index (κ3) is 1.90. The lowest BCUT2D eigenvalue weighted by Gasteiger charge is -2.07. The Labute approximate surface area is 127 Å². The van der Waals surface area contributed by atoms with Gasteiger partial charge in [-0.25, -0.2) is 0 Å². The van der Waals surface area contributed by atoms with Gasteiger partial charge in [-0.2, -0.15) is 5.26 Å². The van der Waals surface area contributed by atoms with Gasteiger partial charge in [0.15, 0.2) is 0 Å². The van der Waals surface area contributed by atoms with E-state index in [1.165, 1.54) is 5.39 Å². The van der Waals surface area contributed by atoms with Crippen molar-refractivity contribution in [1.82, 2.24) is 10.2 Å². The van der Waals surface area contributed by atoms with Gasteiger partial charge in [0.1, 0.15) is 11.8 Å². The maximum Gasteiger partial charge on any atom is 0.111 e. The van der Waals surface area contributed by atoms with Gasteiger partial charge in [-0.05, 0) is 22.9 Å². The minimum Gasteiger partial charge on any atom is -0.192 e. The Morgan fingerprint density at radius 1 is 0.773 bits per heavy atom. The number of hydrogen-bond donors (Lipinski definition) is 0. The van der Waals surface area contributed by atoms with E-state index < -0.39 is 0 Å². The summed E-state index contributed by atoms with van der Waals surface area (Å²) in [4.78, 5) is 0. The van der Waals surface area contributed by atoms with Crippen molar-refractivity contribution in [1.29, 1.82) is 5.26 Å². The average Bonchev–Trinajstić information content (AvgIpc) is 2.60. The van der Waals surface area contributed by atoms with Gasteiger partial charge in [-0.15, -0.1) is 10.2 Å². The molecule has 3 nitrogen and oxygen atoms in total. The maximum absolute atomic E-state index is 9.57. The van der Waals surface area contributed by atoms with Crippen LogP contribution < -0.4 is 0 Å². The summed E-state index contributed by atoms with van der Waals surface area (Å²) in [6, 6.07) is 24.1.